The minimum absolute atomic E-state index is 0. The Balaban J connectivity index is 0.00000162. The number of amides is 1. The third kappa shape index (κ3) is 3.22. The fraction of sp³-hybridized carbons (Fsp3) is 0.417. The zero-order valence-corrected chi connectivity index (χ0v) is 12.4. The van der Waals surface area contributed by atoms with Crippen LogP contribution in [0, 0.1) is 5.82 Å². The highest BCUT2D eigenvalue weighted by Gasteiger charge is 2.25. The molecule has 0 radical (unpaired) electrons. The van der Waals surface area contributed by atoms with Crippen molar-refractivity contribution in [3.8, 4) is 0 Å². The molecule has 6 heteroatoms. The van der Waals surface area contributed by atoms with E-state index in [9.17, 15) is 9.18 Å². The lowest BCUT2D eigenvalue weighted by Gasteiger charge is -2.34. The van der Waals surface area contributed by atoms with Crippen molar-refractivity contribution >= 4 is 34.2 Å². The molecule has 0 aromatic heterocycles. The van der Waals surface area contributed by atoms with Crippen molar-refractivity contribution in [2.75, 3.05) is 19.6 Å². The van der Waals surface area contributed by atoms with Crippen LogP contribution in [-0.2, 0) is 0 Å². The molecule has 3 nitrogen and oxygen atoms in total. The molecule has 1 saturated heterocycles. The number of piperazine rings is 1. The van der Waals surface area contributed by atoms with Crippen LogP contribution in [-0.4, -0.2) is 36.5 Å². The van der Waals surface area contributed by atoms with Gasteiger partial charge in [0, 0.05) is 30.1 Å². The maximum absolute atomic E-state index is 13.2. The van der Waals surface area contributed by atoms with E-state index < -0.39 is 0 Å². The summed E-state index contributed by atoms with van der Waals surface area (Å²) in [4.78, 5) is 14.1. The summed E-state index contributed by atoms with van der Waals surface area (Å²) in [6.45, 7) is 4.20. The molecule has 1 amide bonds. The number of hydrogen-bond donors (Lipinski definition) is 1. The molecule has 1 aliphatic rings. The van der Waals surface area contributed by atoms with Gasteiger partial charge in [-0.2, -0.15) is 0 Å². The van der Waals surface area contributed by atoms with Crippen LogP contribution in [0.2, 0.25) is 0 Å². The predicted molar refractivity (Wildman–Crippen MR) is 74.7 cm³/mol. The molecule has 1 fully saturated rings. The largest absolute Gasteiger partial charge is 0.333 e. The number of halogens is 3. The van der Waals surface area contributed by atoms with Gasteiger partial charge < -0.3 is 10.2 Å². The monoisotopic (exact) mass is 336 g/mol. The van der Waals surface area contributed by atoms with E-state index in [2.05, 4.69) is 21.2 Å². The number of carbonyl (C=O) groups is 1. The van der Waals surface area contributed by atoms with Gasteiger partial charge in [0.1, 0.15) is 5.82 Å². The van der Waals surface area contributed by atoms with Crippen molar-refractivity contribution < 1.29 is 9.18 Å². The molecule has 2 rings (SSSR count). The van der Waals surface area contributed by atoms with E-state index in [0.717, 1.165) is 13.1 Å². The van der Waals surface area contributed by atoms with Crippen molar-refractivity contribution in [2.45, 2.75) is 13.0 Å². The average molecular weight is 338 g/mol. The lowest BCUT2D eigenvalue weighted by atomic mass is 10.1. The van der Waals surface area contributed by atoms with Gasteiger partial charge in [-0.15, -0.1) is 12.4 Å². The number of carbonyl (C=O) groups excluding carboxylic acids is 1. The smallest absolute Gasteiger partial charge is 0.255 e. The summed E-state index contributed by atoms with van der Waals surface area (Å²) in [7, 11) is 0. The second kappa shape index (κ2) is 6.50. The van der Waals surface area contributed by atoms with Gasteiger partial charge in [-0.25, -0.2) is 4.39 Å². The Labute approximate surface area is 120 Å². The molecule has 1 atom stereocenters. The number of rotatable bonds is 1. The Morgan fingerprint density at radius 3 is 2.94 bits per heavy atom. The van der Waals surface area contributed by atoms with E-state index in [1.54, 1.807) is 11.0 Å². The Morgan fingerprint density at radius 1 is 1.56 bits per heavy atom. The normalized spacial score (nSPS) is 19.3. The zero-order chi connectivity index (χ0) is 12.4. The molecule has 100 valence electrons. The fourth-order valence-corrected chi connectivity index (χ4v) is 2.38. The quantitative estimate of drug-likeness (QED) is 0.854. The van der Waals surface area contributed by atoms with E-state index in [0.29, 0.717) is 16.6 Å². The maximum Gasteiger partial charge on any atom is 0.255 e. The van der Waals surface area contributed by atoms with Gasteiger partial charge in [0.15, 0.2) is 0 Å². The minimum Gasteiger partial charge on any atom is -0.333 e. The first kappa shape index (κ1) is 15.4. The van der Waals surface area contributed by atoms with E-state index in [1.807, 2.05) is 6.92 Å². The Morgan fingerprint density at radius 2 is 2.28 bits per heavy atom. The summed E-state index contributed by atoms with van der Waals surface area (Å²) < 4.78 is 13.8. The van der Waals surface area contributed by atoms with Gasteiger partial charge in [-0.05, 0) is 41.1 Å². The van der Waals surface area contributed by atoms with Crippen LogP contribution in [0.3, 0.4) is 0 Å². The lowest BCUT2D eigenvalue weighted by Crippen LogP contribution is -2.52. The first-order chi connectivity index (χ1) is 8.09. The summed E-state index contributed by atoms with van der Waals surface area (Å²) >= 11 is 3.29. The van der Waals surface area contributed by atoms with Gasteiger partial charge in [0.05, 0.1) is 5.56 Å². The maximum atomic E-state index is 13.2. The second-order valence-electron chi connectivity index (χ2n) is 4.18. The molecular weight excluding hydrogens is 322 g/mol. The van der Waals surface area contributed by atoms with E-state index in [4.69, 9.17) is 0 Å². The minimum atomic E-state index is -0.390. The molecule has 1 heterocycles. The van der Waals surface area contributed by atoms with Crippen LogP contribution in [0.5, 0.6) is 0 Å². The first-order valence-corrected chi connectivity index (χ1v) is 6.35. The van der Waals surface area contributed by atoms with Gasteiger partial charge in [0.2, 0.25) is 0 Å². The zero-order valence-electron chi connectivity index (χ0n) is 9.95. The third-order valence-electron chi connectivity index (χ3n) is 2.92. The van der Waals surface area contributed by atoms with Gasteiger partial charge >= 0.3 is 0 Å². The first-order valence-electron chi connectivity index (χ1n) is 5.56. The summed E-state index contributed by atoms with van der Waals surface area (Å²) in [6.07, 6.45) is 0. The van der Waals surface area contributed by atoms with Crippen LogP contribution < -0.4 is 5.32 Å². The Hall–Kier alpha value is -0.650. The van der Waals surface area contributed by atoms with E-state index >= 15 is 0 Å². The predicted octanol–water partition coefficient (Wildman–Crippen LogP) is 2.44. The Bertz CT molecular complexity index is 444. The topological polar surface area (TPSA) is 32.3 Å². The molecule has 1 aromatic carbocycles. The van der Waals surface area contributed by atoms with Crippen molar-refractivity contribution in [1.82, 2.24) is 10.2 Å². The van der Waals surface area contributed by atoms with Gasteiger partial charge in [0.25, 0.3) is 5.91 Å². The highest BCUT2D eigenvalue weighted by molar-refractivity contribution is 9.10. The second-order valence-corrected chi connectivity index (χ2v) is 5.03. The number of nitrogens with one attached hydrogen (secondary N) is 1. The molecule has 1 aromatic rings. The molecule has 0 unspecified atom stereocenters. The van der Waals surface area contributed by atoms with Crippen LogP contribution in [0.25, 0.3) is 0 Å². The molecule has 0 spiro atoms. The van der Waals surface area contributed by atoms with Crippen LogP contribution >= 0.6 is 28.3 Å². The Kier molecular flexibility index (Phi) is 5.56. The van der Waals surface area contributed by atoms with Crippen LogP contribution in [0.4, 0.5) is 4.39 Å². The summed E-state index contributed by atoms with van der Waals surface area (Å²) in [5, 5.41) is 3.22. The molecule has 1 N–H and O–H groups in total. The molecule has 0 aliphatic carbocycles. The molecular formula is C12H15BrClFN2O. The van der Waals surface area contributed by atoms with Crippen LogP contribution in [0.1, 0.15) is 17.3 Å². The van der Waals surface area contributed by atoms with Crippen LogP contribution in [0.15, 0.2) is 22.7 Å². The van der Waals surface area contributed by atoms with Gasteiger partial charge in [-0.3, -0.25) is 4.79 Å². The molecule has 18 heavy (non-hydrogen) atoms. The number of nitrogens with zero attached hydrogens (tertiary/aromatic N) is 1. The lowest BCUT2D eigenvalue weighted by molar-refractivity contribution is 0.0654. The number of benzene rings is 1. The average Bonchev–Trinajstić information content (AvgIpc) is 2.32. The third-order valence-corrected chi connectivity index (χ3v) is 3.61. The summed E-state index contributed by atoms with van der Waals surface area (Å²) in [5.41, 5.74) is 0.388. The van der Waals surface area contributed by atoms with Gasteiger partial charge in [-0.1, -0.05) is 0 Å². The fourth-order valence-electron chi connectivity index (χ4n) is 1.96. The van der Waals surface area contributed by atoms with E-state index in [-0.39, 0.29) is 30.2 Å². The molecule has 0 bridgehead atoms. The number of hydrogen-bond acceptors (Lipinski definition) is 2. The SMILES string of the molecule is C[C@H]1CNCCN1C(=O)c1cc(F)ccc1Br.Cl. The van der Waals surface area contributed by atoms with Crippen molar-refractivity contribution in [1.29, 1.82) is 0 Å². The van der Waals surface area contributed by atoms with Crippen molar-refractivity contribution in [2.24, 2.45) is 0 Å². The summed E-state index contributed by atoms with van der Waals surface area (Å²) in [5.74, 6) is -0.510. The highest BCUT2D eigenvalue weighted by Crippen LogP contribution is 2.21. The molecule has 1 aliphatic heterocycles. The van der Waals surface area contributed by atoms with Crippen molar-refractivity contribution in [3.63, 3.8) is 0 Å². The highest BCUT2D eigenvalue weighted by atomic mass is 79.9. The van der Waals surface area contributed by atoms with E-state index in [1.165, 1.54) is 12.1 Å². The molecule has 0 saturated carbocycles. The standard InChI is InChI=1S/C12H14BrFN2O.ClH/c1-8-7-15-4-5-16(8)12(17)10-6-9(14)2-3-11(10)13;/h2-3,6,8,15H,4-5,7H2,1H3;1H/t8-;/m0./s1. The van der Waals surface area contributed by atoms with Crippen molar-refractivity contribution in [3.05, 3.63) is 34.1 Å². The summed E-state index contributed by atoms with van der Waals surface area (Å²) in [6, 6.07) is 4.31.